The van der Waals surface area contributed by atoms with E-state index in [0.717, 1.165) is 11.1 Å². The lowest BCUT2D eigenvalue weighted by Gasteiger charge is -2.09. The zero-order valence-corrected chi connectivity index (χ0v) is 15.8. The van der Waals surface area contributed by atoms with Crippen molar-refractivity contribution < 1.29 is 18.7 Å². The standard InChI is InChI=1S/C23H16ClFO3/c1-14-4-2-5-15(10-14)11-22-23(26)17-9-8-16(12-21(17)28-22)27-13-18-19(24)6-3-7-20(18)25/h2-12H,13H2,1H3. The van der Waals surface area contributed by atoms with Crippen LogP contribution in [0.3, 0.4) is 0 Å². The van der Waals surface area contributed by atoms with Gasteiger partial charge in [0.1, 0.15) is 23.9 Å². The number of ether oxygens (including phenoxy) is 2. The third-order valence-corrected chi connectivity index (χ3v) is 4.78. The number of carbonyl (C=O) groups is 1. The first kappa shape index (κ1) is 18.3. The van der Waals surface area contributed by atoms with Crippen molar-refractivity contribution in [2.24, 2.45) is 0 Å². The van der Waals surface area contributed by atoms with Crippen LogP contribution in [0.2, 0.25) is 5.02 Å². The molecule has 0 saturated carbocycles. The number of ketones is 1. The normalized spacial score (nSPS) is 14.1. The number of hydrogen-bond acceptors (Lipinski definition) is 3. The molecule has 0 aliphatic carbocycles. The fourth-order valence-electron chi connectivity index (χ4n) is 2.99. The van der Waals surface area contributed by atoms with Crippen LogP contribution in [0.1, 0.15) is 27.0 Å². The lowest BCUT2D eigenvalue weighted by Crippen LogP contribution is -1.99. The molecule has 0 N–H and O–H groups in total. The highest BCUT2D eigenvalue weighted by Crippen LogP contribution is 2.35. The lowest BCUT2D eigenvalue weighted by atomic mass is 10.1. The molecule has 0 bridgehead atoms. The van der Waals surface area contributed by atoms with Gasteiger partial charge in [-0.3, -0.25) is 4.79 Å². The zero-order chi connectivity index (χ0) is 19.7. The molecule has 1 aliphatic heterocycles. The maximum Gasteiger partial charge on any atom is 0.231 e. The molecule has 0 unspecified atom stereocenters. The van der Waals surface area contributed by atoms with E-state index in [-0.39, 0.29) is 23.7 Å². The van der Waals surface area contributed by atoms with Gasteiger partial charge in [0, 0.05) is 11.6 Å². The predicted molar refractivity (Wildman–Crippen MR) is 106 cm³/mol. The van der Waals surface area contributed by atoms with Crippen molar-refractivity contribution >= 4 is 23.5 Å². The van der Waals surface area contributed by atoms with Crippen LogP contribution in [0, 0.1) is 12.7 Å². The fraction of sp³-hybridized carbons (Fsp3) is 0.0870. The smallest absolute Gasteiger partial charge is 0.231 e. The first-order valence-corrected chi connectivity index (χ1v) is 9.10. The van der Waals surface area contributed by atoms with Crippen molar-refractivity contribution in [1.29, 1.82) is 0 Å². The Bertz CT molecular complexity index is 1080. The molecule has 3 aromatic carbocycles. The molecule has 0 saturated heterocycles. The summed E-state index contributed by atoms with van der Waals surface area (Å²) in [5.41, 5.74) is 2.73. The Hall–Kier alpha value is -3.11. The molecule has 5 heteroatoms. The molecular weight excluding hydrogens is 379 g/mol. The highest BCUT2D eigenvalue weighted by Gasteiger charge is 2.27. The van der Waals surface area contributed by atoms with Crippen molar-refractivity contribution in [2.45, 2.75) is 13.5 Å². The van der Waals surface area contributed by atoms with Crippen molar-refractivity contribution in [1.82, 2.24) is 0 Å². The third-order valence-electron chi connectivity index (χ3n) is 4.43. The molecule has 0 aromatic heterocycles. The van der Waals surface area contributed by atoms with Gasteiger partial charge in [-0.25, -0.2) is 4.39 Å². The molecule has 0 radical (unpaired) electrons. The minimum atomic E-state index is -0.427. The molecule has 1 aliphatic rings. The zero-order valence-electron chi connectivity index (χ0n) is 15.0. The van der Waals surface area contributed by atoms with E-state index in [2.05, 4.69) is 0 Å². The van der Waals surface area contributed by atoms with Crippen LogP contribution < -0.4 is 9.47 Å². The van der Waals surface area contributed by atoms with Crippen LogP contribution in [0.15, 0.2) is 66.4 Å². The predicted octanol–water partition coefficient (Wildman–Crippen LogP) is 5.98. The van der Waals surface area contributed by atoms with E-state index in [1.165, 1.54) is 12.1 Å². The minimum absolute atomic E-state index is 0.0236. The maximum atomic E-state index is 13.9. The van der Waals surface area contributed by atoms with Crippen molar-refractivity contribution in [3.8, 4) is 11.5 Å². The van der Waals surface area contributed by atoms with Gasteiger partial charge in [-0.2, -0.15) is 0 Å². The van der Waals surface area contributed by atoms with Crippen molar-refractivity contribution in [2.75, 3.05) is 0 Å². The van der Waals surface area contributed by atoms with Gasteiger partial charge in [0.15, 0.2) is 5.76 Å². The Morgan fingerprint density at radius 2 is 1.93 bits per heavy atom. The molecule has 3 nitrogen and oxygen atoms in total. The van der Waals surface area contributed by atoms with Crippen LogP contribution >= 0.6 is 11.6 Å². The fourth-order valence-corrected chi connectivity index (χ4v) is 3.21. The molecular formula is C23H16ClFO3. The van der Waals surface area contributed by atoms with Gasteiger partial charge < -0.3 is 9.47 Å². The first-order chi connectivity index (χ1) is 13.5. The van der Waals surface area contributed by atoms with E-state index >= 15 is 0 Å². The van der Waals surface area contributed by atoms with Gasteiger partial charge in [0.05, 0.1) is 10.6 Å². The summed E-state index contributed by atoms with van der Waals surface area (Å²) >= 11 is 6.02. The summed E-state index contributed by atoms with van der Waals surface area (Å²) in [6, 6.07) is 17.2. The van der Waals surface area contributed by atoms with Gasteiger partial charge in [0.2, 0.25) is 5.78 Å². The number of Topliss-reactive ketones (excluding diaryl/α,β-unsaturated/α-hetero) is 1. The number of halogens is 2. The highest BCUT2D eigenvalue weighted by molar-refractivity contribution is 6.31. The van der Waals surface area contributed by atoms with Crippen molar-refractivity contribution in [3.63, 3.8) is 0 Å². The second-order valence-electron chi connectivity index (χ2n) is 6.50. The summed E-state index contributed by atoms with van der Waals surface area (Å²) in [5, 5.41) is 0.302. The van der Waals surface area contributed by atoms with Crippen molar-refractivity contribution in [3.05, 3.63) is 99.5 Å². The maximum absolute atomic E-state index is 13.9. The van der Waals surface area contributed by atoms with Gasteiger partial charge in [-0.1, -0.05) is 47.5 Å². The average molecular weight is 395 g/mol. The Morgan fingerprint density at radius 1 is 1.11 bits per heavy atom. The van der Waals surface area contributed by atoms with Gasteiger partial charge in [0.25, 0.3) is 0 Å². The average Bonchev–Trinajstić information content (AvgIpc) is 2.96. The largest absolute Gasteiger partial charge is 0.489 e. The molecule has 28 heavy (non-hydrogen) atoms. The molecule has 140 valence electrons. The van der Waals surface area contributed by atoms with Crippen LogP contribution in [0.25, 0.3) is 6.08 Å². The topological polar surface area (TPSA) is 35.5 Å². The van der Waals surface area contributed by atoms with E-state index in [1.54, 1.807) is 30.3 Å². The Kier molecular flexibility index (Phi) is 4.88. The molecule has 0 spiro atoms. The van der Waals surface area contributed by atoms with Crippen LogP contribution in [0.5, 0.6) is 11.5 Å². The Labute approximate surface area is 167 Å². The van der Waals surface area contributed by atoms with E-state index in [9.17, 15) is 9.18 Å². The van der Waals surface area contributed by atoms with Crippen LogP contribution in [-0.2, 0) is 6.61 Å². The molecule has 0 atom stereocenters. The first-order valence-electron chi connectivity index (χ1n) is 8.72. The highest BCUT2D eigenvalue weighted by atomic mass is 35.5. The molecule has 0 fully saturated rings. The van der Waals surface area contributed by atoms with Gasteiger partial charge in [-0.15, -0.1) is 0 Å². The summed E-state index contributed by atoms with van der Waals surface area (Å²) < 4.78 is 25.3. The second kappa shape index (κ2) is 7.49. The molecule has 4 rings (SSSR count). The SMILES string of the molecule is Cc1cccc(C=C2Oc3cc(OCc4c(F)cccc4Cl)ccc3C2=O)c1. The quantitative estimate of drug-likeness (QED) is 0.510. The molecule has 0 amide bonds. The number of hydrogen-bond donors (Lipinski definition) is 0. The Morgan fingerprint density at radius 3 is 2.71 bits per heavy atom. The summed E-state index contributed by atoms with van der Waals surface area (Å²) in [4.78, 5) is 12.6. The van der Waals surface area contributed by atoms with Crippen LogP contribution in [0.4, 0.5) is 4.39 Å². The lowest BCUT2D eigenvalue weighted by molar-refractivity contribution is 0.101. The van der Waals surface area contributed by atoms with Gasteiger partial charge in [-0.05, 0) is 42.8 Å². The number of benzene rings is 3. The van der Waals surface area contributed by atoms with Gasteiger partial charge >= 0.3 is 0 Å². The Balaban J connectivity index is 1.54. The number of carbonyl (C=O) groups excluding carboxylic acids is 1. The third kappa shape index (κ3) is 3.64. The summed E-state index contributed by atoms with van der Waals surface area (Å²) in [5.74, 6) is 0.530. The second-order valence-corrected chi connectivity index (χ2v) is 6.91. The summed E-state index contributed by atoms with van der Waals surface area (Å²) in [7, 11) is 0. The molecule has 1 heterocycles. The number of rotatable bonds is 4. The summed E-state index contributed by atoms with van der Waals surface area (Å²) in [6.45, 7) is 1.96. The van der Waals surface area contributed by atoms with E-state index in [1.807, 2.05) is 31.2 Å². The minimum Gasteiger partial charge on any atom is -0.489 e. The monoisotopic (exact) mass is 394 g/mol. The van der Waals surface area contributed by atoms with E-state index in [0.29, 0.717) is 22.1 Å². The van der Waals surface area contributed by atoms with E-state index < -0.39 is 5.82 Å². The number of allylic oxidation sites excluding steroid dienone is 1. The summed E-state index contributed by atoms with van der Waals surface area (Å²) in [6.07, 6.45) is 1.72. The number of aryl methyl sites for hydroxylation is 1. The number of fused-ring (bicyclic) bond motifs is 1. The molecule has 3 aromatic rings. The van der Waals surface area contributed by atoms with E-state index in [4.69, 9.17) is 21.1 Å². The van der Waals surface area contributed by atoms with Crippen LogP contribution in [-0.4, -0.2) is 5.78 Å².